The molecule has 0 atom stereocenters. The van der Waals surface area contributed by atoms with Gasteiger partial charge in [0.15, 0.2) is 6.61 Å². The summed E-state index contributed by atoms with van der Waals surface area (Å²) in [4.78, 5) is 25.9. The SMILES string of the molecule is O=C(COc1ccc(Cl)cc1)NC1CCN(C(=O)OCc2ccccc2)CC1. The number of carbonyl (C=O) groups is 2. The normalized spacial score (nSPS) is 14.4. The number of likely N-dealkylation sites (tertiary alicyclic amines) is 1. The van der Waals surface area contributed by atoms with Crippen LogP contribution in [0.25, 0.3) is 0 Å². The third-order valence-electron chi connectivity index (χ3n) is 4.51. The summed E-state index contributed by atoms with van der Waals surface area (Å²) >= 11 is 5.82. The molecular weight excluding hydrogens is 380 g/mol. The monoisotopic (exact) mass is 402 g/mol. The first kappa shape index (κ1) is 20.0. The molecule has 0 aliphatic carbocycles. The predicted molar refractivity (Wildman–Crippen MR) is 106 cm³/mol. The summed E-state index contributed by atoms with van der Waals surface area (Å²) in [5.41, 5.74) is 0.957. The van der Waals surface area contributed by atoms with E-state index in [-0.39, 0.29) is 31.3 Å². The Bertz CT molecular complexity index is 775. The van der Waals surface area contributed by atoms with Gasteiger partial charge in [-0.3, -0.25) is 4.79 Å². The van der Waals surface area contributed by atoms with Gasteiger partial charge in [-0.05, 0) is 42.7 Å². The van der Waals surface area contributed by atoms with Crippen LogP contribution in [-0.4, -0.2) is 42.6 Å². The Balaban J connectivity index is 1.34. The summed E-state index contributed by atoms with van der Waals surface area (Å²) in [6.45, 7) is 1.31. The van der Waals surface area contributed by atoms with Gasteiger partial charge >= 0.3 is 6.09 Å². The highest BCUT2D eigenvalue weighted by atomic mass is 35.5. The van der Waals surface area contributed by atoms with E-state index in [0.29, 0.717) is 36.7 Å². The number of nitrogens with zero attached hydrogens (tertiary/aromatic N) is 1. The van der Waals surface area contributed by atoms with E-state index in [2.05, 4.69) is 5.32 Å². The zero-order valence-corrected chi connectivity index (χ0v) is 16.2. The smallest absolute Gasteiger partial charge is 0.410 e. The maximum Gasteiger partial charge on any atom is 0.410 e. The Morgan fingerprint density at radius 3 is 2.39 bits per heavy atom. The number of rotatable bonds is 6. The Morgan fingerprint density at radius 2 is 1.71 bits per heavy atom. The van der Waals surface area contributed by atoms with Gasteiger partial charge in [0.1, 0.15) is 12.4 Å². The fourth-order valence-electron chi connectivity index (χ4n) is 2.97. The van der Waals surface area contributed by atoms with Crippen molar-refractivity contribution in [1.29, 1.82) is 0 Å². The summed E-state index contributed by atoms with van der Waals surface area (Å²) in [6, 6.07) is 16.5. The molecule has 1 heterocycles. The van der Waals surface area contributed by atoms with E-state index in [0.717, 1.165) is 5.56 Å². The van der Waals surface area contributed by atoms with Gasteiger partial charge in [-0.1, -0.05) is 41.9 Å². The molecule has 1 N–H and O–H groups in total. The molecular formula is C21H23ClN2O4. The molecule has 2 amide bonds. The second-order valence-corrected chi connectivity index (χ2v) is 7.05. The number of ether oxygens (including phenoxy) is 2. The van der Waals surface area contributed by atoms with Gasteiger partial charge in [0.2, 0.25) is 0 Å². The van der Waals surface area contributed by atoms with Crippen molar-refractivity contribution in [2.75, 3.05) is 19.7 Å². The Morgan fingerprint density at radius 1 is 1.04 bits per heavy atom. The van der Waals surface area contributed by atoms with E-state index >= 15 is 0 Å². The van der Waals surface area contributed by atoms with Gasteiger partial charge in [-0.15, -0.1) is 0 Å². The van der Waals surface area contributed by atoms with Crippen molar-refractivity contribution >= 4 is 23.6 Å². The van der Waals surface area contributed by atoms with Gasteiger partial charge in [-0.25, -0.2) is 4.79 Å². The number of halogens is 1. The van der Waals surface area contributed by atoms with Crippen LogP contribution in [0, 0.1) is 0 Å². The summed E-state index contributed by atoms with van der Waals surface area (Å²) in [5, 5.41) is 3.57. The van der Waals surface area contributed by atoms with Gasteiger partial charge in [-0.2, -0.15) is 0 Å². The number of amides is 2. The van der Waals surface area contributed by atoms with Crippen LogP contribution in [0.2, 0.25) is 5.02 Å². The van der Waals surface area contributed by atoms with Crippen molar-refractivity contribution in [3.8, 4) is 5.75 Å². The van der Waals surface area contributed by atoms with Crippen LogP contribution in [0.15, 0.2) is 54.6 Å². The molecule has 6 nitrogen and oxygen atoms in total. The lowest BCUT2D eigenvalue weighted by molar-refractivity contribution is -0.124. The zero-order valence-electron chi connectivity index (χ0n) is 15.5. The van der Waals surface area contributed by atoms with Crippen molar-refractivity contribution in [2.45, 2.75) is 25.5 Å². The fraction of sp³-hybridized carbons (Fsp3) is 0.333. The molecule has 1 aliphatic heterocycles. The van der Waals surface area contributed by atoms with Crippen molar-refractivity contribution in [1.82, 2.24) is 10.2 Å². The predicted octanol–water partition coefficient (Wildman–Crippen LogP) is 3.64. The topological polar surface area (TPSA) is 67.9 Å². The number of hydrogen-bond acceptors (Lipinski definition) is 4. The van der Waals surface area contributed by atoms with Gasteiger partial charge in [0, 0.05) is 24.2 Å². The molecule has 0 aromatic heterocycles. The van der Waals surface area contributed by atoms with Gasteiger partial charge in [0.05, 0.1) is 0 Å². The number of piperidine rings is 1. The lowest BCUT2D eigenvalue weighted by atomic mass is 10.1. The molecule has 0 radical (unpaired) electrons. The van der Waals surface area contributed by atoms with E-state index < -0.39 is 0 Å². The lowest BCUT2D eigenvalue weighted by Crippen LogP contribution is -2.47. The minimum atomic E-state index is -0.320. The Kier molecular flexibility index (Phi) is 7.14. The van der Waals surface area contributed by atoms with E-state index in [1.165, 1.54) is 0 Å². The minimum absolute atomic E-state index is 0.0273. The molecule has 7 heteroatoms. The van der Waals surface area contributed by atoms with Crippen molar-refractivity contribution < 1.29 is 19.1 Å². The first-order valence-electron chi connectivity index (χ1n) is 9.23. The second kappa shape index (κ2) is 9.99. The standard InChI is InChI=1S/C21H23ClN2O4/c22-17-6-8-19(9-7-17)27-15-20(25)23-18-10-12-24(13-11-18)21(26)28-14-16-4-2-1-3-5-16/h1-9,18H,10-15H2,(H,23,25). The molecule has 28 heavy (non-hydrogen) atoms. The van der Waals surface area contributed by atoms with E-state index in [1.54, 1.807) is 29.2 Å². The number of hydrogen-bond donors (Lipinski definition) is 1. The van der Waals surface area contributed by atoms with Gasteiger partial charge < -0.3 is 19.7 Å². The lowest BCUT2D eigenvalue weighted by Gasteiger charge is -2.31. The molecule has 2 aromatic carbocycles. The van der Waals surface area contributed by atoms with Crippen molar-refractivity contribution in [3.63, 3.8) is 0 Å². The van der Waals surface area contributed by atoms with Crippen LogP contribution in [0.3, 0.4) is 0 Å². The molecule has 1 aliphatic rings. The molecule has 148 valence electrons. The van der Waals surface area contributed by atoms with Crippen molar-refractivity contribution in [3.05, 3.63) is 65.2 Å². The van der Waals surface area contributed by atoms with E-state index in [4.69, 9.17) is 21.1 Å². The quantitative estimate of drug-likeness (QED) is 0.801. The fourth-order valence-corrected chi connectivity index (χ4v) is 3.09. The summed E-state index contributed by atoms with van der Waals surface area (Å²) in [6.07, 6.45) is 1.06. The minimum Gasteiger partial charge on any atom is -0.484 e. The third-order valence-corrected chi connectivity index (χ3v) is 4.76. The maximum atomic E-state index is 12.2. The highest BCUT2D eigenvalue weighted by Gasteiger charge is 2.24. The molecule has 0 saturated carbocycles. The van der Waals surface area contributed by atoms with Crippen LogP contribution in [0.4, 0.5) is 4.79 Å². The molecule has 0 unspecified atom stereocenters. The maximum absolute atomic E-state index is 12.2. The molecule has 0 bridgehead atoms. The van der Waals surface area contributed by atoms with Crippen LogP contribution < -0.4 is 10.1 Å². The molecule has 1 saturated heterocycles. The molecule has 3 rings (SSSR count). The highest BCUT2D eigenvalue weighted by molar-refractivity contribution is 6.30. The van der Waals surface area contributed by atoms with Crippen LogP contribution in [0.1, 0.15) is 18.4 Å². The summed E-state index contributed by atoms with van der Waals surface area (Å²) < 4.78 is 10.8. The highest BCUT2D eigenvalue weighted by Crippen LogP contribution is 2.16. The van der Waals surface area contributed by atoms with E-state index in [9.17, 15) is 9.59 Å². The Hall–Kier alpha value is -2.73. The third kappa shape index (κ3) is 6.16. The average molecular weight is 403 g/mol. The van der Waals surface area contributed by atoms with Crippen LogP contribution in [-0.2, 0) is 16.1 Å². The number of nitrogens with one attached hydrogen (secondary N) is 1. The first-order chi connectivity index (χ1) is 13.6. The molecule has 0 spiro atoms. The van der Waals surface area contributed by atoms with Crippen LogP contribution in [0.5, 0.6) is 5.75 Å². The van der Waals surface area contributed by atoms with Crippen LogP contribution >= 0.6 is 11.6 Å². The molecule has 1 fully saturated rings. The van der Waals surface area contributed by atoms with Gasteiger partial charge in [0.25, 0.3) is 5.91 Å². The first-order valence-corrected chi connectivity index (χ1v) is 9.61. The number of carbonyl (C=O) groups excluding carboxylic acids is 2. The summed E-state index contributed by atoms with van der Waals surface area (Å²) in [7, 11) is 0. The molecule has 2 aromatic rings. The number of benzene rings is 2. The van der Waals surface area contributed by atoms with Crippen molar-refractivity contribution in [2.24, 2.45) is 0 Å². The zero-order chi connectivity index (χ0) is 19.8. The average Bonchev–Trinajstić information content (AvgIpc) is 2.73. The second-order valence-electron chi connectivity index (χ2n) is 6.61. The largest absolute Gasteiger partial charge is 0.484 e. The van der Waals surface area contributed by atoms with E-state index in [1.807, 2.05) is 30.3 Å². The summed E-state index contributed by atoms with van der Waals surface area (Å²) in [5.74, 6) is 0.413. The Labute approximate surface area is 169 Å².